The number of carboxylic acids is 1. The van der Waals surface area contributed by atoms with Crippen LogP contribution in [0.5, 0.6) is 0 Å². The van der Waals surface area contributed by atoms with Gasteiger partial charge in [-0.3, -0.25) is 14.3 Å². The molecule has 4 rings (SSSR count). The van der Waals surface area contributed by atoms with E-state index < -0.39 is 5.97 Å². The minimum Gasteiger partial charge on any atom is -0.481 e. The van der Waals surface area contributed by atoms with E-state index in [0.29, 0.717) is 5.69 Å². The summed E-state index contributed by atoms with van der Waals surface area (Å²) in [5.74, 6) is 0.0803. The van der Waals surface area contributed by atoms with Crippen LogP contribution in [0.4, 0.5) is 0 Å². The van der Waals surface area contributed by atoms with E-state index >= 15 is 0 Å². The number of hydrogen-bond acceptors (Lipinski definition) is 5. The molecule has 28 heavy (non-hydrogen) atoms. The fourth-order valence-corrected chi connectivity index (χ4v) is 3.95. The molecule has 2 aromatic rings. The molecular weight excluding hydrogens is 360 g/mol. The normalized spacial score (nSPS) is 18.2. The number of rotatable bonds is 2. The van der Waals surface area contributed by atoms with Gasteiger partial charge in [-0.1, -0.05) is 0 Å². The summed E-state index contributed by atoms with van der Waals surface area (Å²) in [6.45, 7) is 5.81. The van der Waals surface area contributed by atoms with Crippen molar-refractivity contribution in [2.75, 3.05) is 13.1 Å². The molecule has 3 N–H and O–H groups in total. The maximum Gasteiger partial charge on any atom is 0.300 e. The van der Waals surface area contributed by atoms with E-state index in [2.05, 4.69) is 25.3 Å². The number of nitrogens with zero attached hydrogens (tertiary/aromatic N) is 4. The SMILES string of the molecule is CC(=O)O.Cc1nn(C)c2c1C(NC(=O)c1cn3c(n1)CCNCC3)CCC2. The van der Waals surface area contributed by atoms with Crippen molar-refractivity contribution in [1.82, 2.24) is 30.0 Å². The molecule has 1 atom stereocenters. The molecule has 9 heteroatoms. The van der Waals surface area contributed by atoms with Gasteiger partial charge in [-0.2, -0.15) is 5.10 Å². The van der Waals surface area contributed by atoms with Crippen LogP contribution >= 0.6 is 0 Å². The van der Waals surface area contributed by atoms with Gasteiger partial charge >= 0.3 is 0 Å². The molecule has 0 saturated heterocycles. The number of amides is 1. The number of aliphatic carboxylic acids is 1. The van der Waals surface area contributed by atoms with E-state index in [1.807, 2.05) is 24.9 Å². The average molecular weight is 388 g/mol. The maximum absolute atomic E-state index is 12.7. The number of carboxylic acid groups (broad SMARTS) is 1. The molecule has 0 spiro atoms. The zero-order valence-corrected chi connectivity index (χ0v) is 16.7. The van der Waals surface area contributed by atoms with E-state index in [4.69, 9.17) is 9.90 Å². The minimum absolute atomic E-state index is 0.0399. The quantitative estimate of drug-likeness (QED) is 0.706. The number of carbonyl (C=O) groups is 2. The Kier molecular flexibility index (Phi) is 6.13. The van der Waals surface area contributed by atoms with Gasteiger partial charge in [0, 0.05) is 57.5 Å². The lowest BCUT2D eigenvalue weighted by molar-refractivity contribution is -0.134. The first-order valence-electron chi connectivity index (χ1n) is 9.66. The van der Waals surface area contributed by atoms with Crippen molar-refractivity contribution >= 4 is 11.9 Å². The topological polar surface area (TPSA) is 114 Å². The van der Waals surface area contributed by atoms with Gasteiger partial charge in [0.25, 0.3) is 11.9 Å². The summed E-state index contributed by atoms with van der Waals surface area (Å²) in [5.41, 5.74) is 3.99. The first-order valence-corrected chi connectivity index (χ1v) is 9.66. The summed E-state index contributed by atoms with van der Waals surface area (Å²) >= 11 is 0. The Morgan fingerprint density at radius 3 is 2.82 bits per heavy atom. The summed E-state index contributed by atoms with van der Waals surface area (Å²) in [6.07, 6.45) is 5.82. The van der Waals surface area contributed by atoms with Gasteiger partial charge in [0.2, 0.25) is 0 Å². The molecule has 1 aliphatic carbocycles. The third-order valence-electron chi connectivity index (χ3n) is 5.10. The van der Waals surface area contributed by atoms with Gasteiger partial charge in [-0.25, -0.2) is 4.98 Å². The van der Waals surface area contributed by atoms with Crippen molar-refractivity contribution in [3.8, 4) is 0 Å². The van der Waals surface area contributed by atoms with Crippen LogP contribution in [0, 0.1) is 6.92 Å². The number of imidazole rings is 1. The van der Waals surface area contributed by atoms with Crippen LogP contribution in [0.1, 0.15) is 59.1 Å². The monoisotopic (exact) mass is 388 g/mol. The summed E-state index contributed by atoms with van der Waals surface area (Å²) in [5, 5.41) is 18.5. The van der Waals surface area contributed by atoms with Gasteiger partial charge < -0.3 is 20.3 Å². The van der Waals surface area contributed by atoms with Crippen LogP contribution in [0.25, 0.3) is 0 Å². The van der Waals surface area contributed by atoms with Crippen LogP contribution in [-0.2, 0) is 31.2 Å². The second kappa shape index (κ2) is 8.55. The zero-order valence-electron chi connectivity index (χ0n) is 16.7. The number of carbonyl (C=O) groups excluding carboxylic acids is 1. The van der Waals surface area contributed by atoms with E-state index in [1.54, 1.807) is 0 Å². The Bertz CT molecular complexity index is 842. The Labute approximate surface area is 164 Å². The summed E-state index contributed by atoms with van der Waals surface area (Å²) in [7, 11) is 1.98. The van der Waals surface area contributed by atoms with Crippen LogP contribution in [0.2, 0.25) is 0 Å². The first-order chi connectivity index (χ1) is 13.4. The second-order valence-electron chi connectivity index (χ2n) is 7.24. The molecule has 3 heterocycles. The highest BCUT2D eigenvalue weighted by molar-refractivity contribution is 5.92. The van der Waals surface area contributed by atoms with E-state index in [-0.39, 0.29) is 11.9 Å². The minimum atomic E-state index is -0.833. The van der Waals surface area contributed by atoms with Crippen molar-refractivity contribution in [2.24, 2.45) is 7.05 Å². The first kappa shape index (κ1) is 20.1. The summed E-state index contributed by atoms with van der Waals surface area (Å²) in [6, 6.07) is 0.0399. The molecule has 9 nitrogen and oxygen atoms in total. The van der Waals surface area contributed by atoms with Crippen molar-refractivity contribution in [3.05, 3.63) is 34.7 Å². The van der Waals surface area contributed by atoms with Crippen molar-refractivity contribution in [2.45, 2.75) is 52.1 Å². The van der Waals surface area contributed by atoms with Gasteiger partial charge in [0.05, 0.1) is 11.7 Å². The maximum atomic E-state index is 12.7. The summed E-state index contributed by atoms with van der Waals surface area (Å²) < 4.78 is 4.05. The van der Waals surface area contributed by atoms with Crippen LogP contribution < -0.4 is 10.6 Å². The molecule has 2 aromatic heterocycles. The largest absolute Gasteiger partial charge is 0.481 e. The zero-order chi connectivity index (χ0) is 20.3. The third kappa shape index (κ3) is 4.41. The van der Waals surface area contributed by atoms with Crippen molar-refractivity contribution in [1.29, 1.82) is 0 Å². The Morgan fingerprint density at radius 1 is 1.32 bits per heavy atom. The van der Waals surface area contributed by atoms with E-state index in [1.165, 1.54) is 11.3 Å². The molecule has 0 saturated carbocycles. The summed E-state index contributed by atoms with van der Waals surface area (Å²) in [4.78, 5) is 26.3. The molecule has 1 unspecified atom stereocenters. The average Bonchev–Trinajstić information content (AvgIpc) is 3.08. The number of aryl methyl sites for hydroxylation is 2. The highest BCUT2D eigenvalue weighted by atomic mass is 16.4. The lowest BCUT2D eigenvalue weighted by Gasteiger charge is -2.24. The van der Waals surface area contributed by atoms with Gasteiger partial charge in [-0.05, 0) is 26.2 Å². The Morgan fingerprint density at radius 2 is 2.07 bits per heavy atom. The number of aromatic nitrogens is 4. The van der Waals surface area contributed by atoms with Gasteiger partial charge in [0.15, 0.2) is 0 Å². The number of fused-ring (bicyclic) bond motifs is 2. The lowest BCUT2D eigenvalue weighted by atomic mass is 9.91. The molecule has 152 valence electrons. The van der Waals surface area contributed by atoms with Crippen molar-refractivity contribution in [3.63, 3.8) is 0 Å². The van der Waals surface area contributed by atoms with Gasteiger partial charge in [-0.15, -0.1) is 0 Å². The highest BCUT2D eigenvalue weighted by Gasteiger charge is 2.28. The van der Waals surface area contributed by atoms with Crippen LogP contribution in [0.15, 0.2) is 6.20 Å². The molecule has 0 fully saturated rings. The Balaban J connectivity index is 0.000000516. The molecule has 2 aliphatic rings. The fourth-order valence-electron chi connectivity index (χ4n) is 3.95. The van der Waals surface area contributed by atoms with Gasteiger partial charge in [0.1, 0.15) is 11.5 Å². The number of hydrogen-bond donors (Lipinski definition) is 3. The molecule has 1 amide bonds. The molecule has 0 radical (unpaired) electrons. The number of nitrogens with one attached hydrogen (secondary N) is 2. The second-order valence-corrected chi connectivity index (χ2v) is 7.24. The molecule has 1 aliphatic heterocycles. The predicted molar refractivity (Wildman–Crippen MR) is 103 cm³/mol. The standard InChI is InChI=1S/C17H24N6O.C2H4O2/c1-11-16-12(4-3-5-14(16)22(2)21-11)20-17(24)13-10-23-9-8-18-7-6-15(23)19-13;1-2(3)4/h10,12,18H,3-9H2,1-2H3,(H,20,24);1H3,(H,3,4). The highest BCUT2D eigenvalue weighted by Crippen LogP contribution is 2.32. The van der Waals surface area contributed by atoms with Crippen LogP contribution in [0.3, 0.4) is 0 Å². The van der Waals surface area contributed by atoms with Crippen LogP contribution in [-0.4, -0.2) is 49.4 Å². The lowest BCUT2D eigenvalue weighted by Crippen LogP contribution is -2.31. The van der Waals surface area contributed by atoms with Crippen molar-refractivity contribution < 1.29 is 14.7 Å². The Hall–Kier alpha value is -2.68. The van der Waals surface area contributed by atoms with E-state index in [9.17, 15) is 4.79 Å². The molecule has 0 bridgehead atoms. The predicted octanol–water partition coefficient (Wildman–Crippen LogP) is 0.969. The smallest absolute Gasteiger partial charge is 0.300 e. The fraction of sp³-hybridized carbons (Fsp3) is 0.579. The molecule has 0 aromatic carbocycles. The third-order valence-corrected chi connectivity index (χ3v) is 5.10. The van der Waals surface area contributed by atoms with E-state index in [0.717, 1.165) is 63.8 Å². The molecular formula is C19H28N6O3.